The normalized spacial score (nSPS) is 11.0. The van der Waals surface area contributed by atoms with Gasteiger partial charge in [0.2, 0.25) is 5.91 Å². The Bertz CT molecular complexity index is 1360. The van der Waals surface area contributed by atoms with Crippen molar-refractivity contribution in [3.05, 3.63) is 77.5 Å². The van der Waals surface area contributed by atoms with Gasteiger partial charge in [-0.25, -0.2) is 8.78 Å². The van der Waals surface area contributed by atoms with Crippen LogP contribution < -0.4 is 11.1 Å². The smallest absolute Gasteiger partial charge is 0.257 e. The highest BCUT2D eigenvalue weighted by molar-refractivity contribution is 7.99. The molecule has 10 heteroatoms. The van der Waals surface area contributed by atoms with Gasteiger partial charge in [0.05, 0.1) is 6.54 Å². The van der Waals surface area contributed by atoms with E-state index in [-0.39, 0.29) is 17.0 Å². The van der Waals surface area contributed by atoms with E-state index in [1.165, 1.54) is 12.1 Å². The van der Waals surface area contributed by atoms with Crippen LogP contribution in [0.2, 0.25) is 0 Å². The summed E-state index contributed by atoms with van der Waals surface area (Å²) in [6.45, 7) is 1.56. The number of hydrogen-bond acceptors (Lipinski definition) is 6. The van der Waals surface area contributed by atoms with Crippen molar-refractivity contribution in [2.24, 2.45) is 5.73 Å². The molecule has 0 bridgehead atoms. The highest BCUT2D eigenvalue weighted by atomic mass is 32.2. The number of carbonyl (C=O) groups is 2. The minimum atomic E-state index is -0.652. The average molecular weight is 453 g/mol. The molecule has 0 spiro atoms. The Morgan fingerprint density at radius 3 is 2.66 bits per heavy atom. The Kier molecular flexibility index (Phi) is 5.97. The van der Waals surface area contributed by atoms with Gasteiger partial charge in [0.25, 0.3) is 5.91 Å². The monoisotopic (exact) mass is 453 g/mol. The zero-order valence-electron chi connectivity index (χ0n) is 16.8. The first-order chi connectivity index (χ1) is 15.4. The number of aromatic nitrogens is 3. The summed E-state index contributed by atoms with van der Waals surface area (Å²) in [5.74, 6) is -1.98. The number of nitrogens with one attached hydrogen (secondary N) is 1. The quantitative estimate of drug-likeness (QED) is 0.481. The summed E-state index contributed by atoms with van der Waals surface area (Å²) >= 11 is 1.14. The van der Waals surface area contributed by atoms with Gasteiger partial charge >= 0.3 is 0 Å². The molecule has 2 aromatic heterocycles. The van der Waals surface area contributed by atoms with E-state index in [9.17, 15) is 18.4 Å². The molecule has 0 unspecified atom stereocenters. The lowest BCUT2D eigenvalue weighted by Gasteiger charge is -2.09. The van der Waals surface area contributed by atoms with Crippen molar-refractivity contribution in [2.75, 3.05) is 6.54 Å². The highest BCUT2D eigenvalue weighted by Gasteiger charge is 2.16. The molecular weight excluding hydrogens is 436 g/mol. The molecule has 162 valence electrons. The maximum absolute atomic E-state index is 14.1. The number of pyridine rings is 1. The SMILES string of the molecule is Cc1ccc(C(=O)NC(=O)CN)cc1-c1nnc2ccc(Sc3ccc(F)cc3F)cn12. The number of carbonyl (C=O) groups excluding carboxylic acids is 2. The van der Waals surface area contributed by atoms with Crippen molar-refractivity contribution >= 4 is 29.2 Å². The van der Waals surface area contributed by atoms with Crippen LogP contribution in [0.25, 0.3) is 17.0 Å². The van der Waals surface area contributed by atoms with Gasteiger partial charge in [-0.15, -0.1) is 10.2 Å². The highest BCUT2D eigenvalue weighted by Crippen LogP contribution is 2.32. The molecule has 0 saturated carbocycles. The molecule has 0 saturated heterocycles. The van der Waals surface area contributed by atoms with Crippen molar-refractivity contribution in [2.45, 2.75) is 16.7 Å². The van der Waals surface area contributed by atoms with Crippen LogP contribution in [0.15, 0.2) is 64.5 Å². The number of halogens is 2. The van der Waals surface area contributed by atoms with Gasteiger partial charge in [0.15, 0.2) is 11.5 Å². The minimum absolute atomic E-state index is 0.267. The molecule has 0 radical (unpaired) electrons. The van der Waals surface area contributed by atoms with Gasteiger partial charge in [-0.3, -0.25) is 19.3 Å². The minimum Gasteiger partial charge on any atom is -0.322 e. The maximum Gasteiger partial charge on any atom is 0.257 e. The number of amides is 2. The van der Waals surface area contributed by atoms with Gasteiger partial charge in [-0.1, -0.05) is 17.8 Å². The second-order valence-corrected chi connectivity index (χ2v) is 8.02. The number of imide groups is 1. The third-order valence-electron chi connectivity index (χ3n) is 4.68. The van der Waals surface area contributed by atoms with Crippen molar-refractivity contribution < 1.29 is 18.4 Å². The Morgan fingerprint density at radius 2 is 1.91 bits per heavy atom. The summed E-state index contributed by atoms with van der Waals surface area (Å²) in [5.41, 5.74) is 7.54. The molecule has 2 heterocycles. The van der Waals surface area contributed by atoms with Crippen molar-refractivity contribution in [1.29, 1.82) is 0 Å². The Hall–Kier alpha value is -3.63. The molecule has 2 amide bonds. The van der Waals surface area contributed by atoms with E-state index >= 15 is 0 Å². The summed E-state index contributed by atoms with van der Waals surface area (Å²) in [4.78, 5) is 24.7. The zero-order chi connectivity index (χ0) is 22.8. The van der Waals surface area contributed by atoms with Gasteiger partial charge in [0, 0.05) is 33.2 Å². The second-order valence-electron chi connectivity index (χ2n) is 6.90. The van der Waals surface area contributed by atoms with Gasteiger partial charge in [0.1, 0.15) is 11.6 Å². The topological polar surface area (TPSA) is 102 Å². The molecule has 3 N–H and O–H groups in total. The van der Waals surface area contributed by atoms with Gasteiger partial charge in [-0.05, 0) is 48.9 Å². The van der Waals surface area contributed by atoms with Crippen LogP contribution in [0.1, 0.15) is 15.9 Å². The number of nitrogens with zero attached hydrogens (tertiary/aromatic N) is 3. The number of aryl methyl sites for hydroxylation is 1. The first-order valence-electron chi connectivity index (χ1n) is 9.48. The molecule has 4 aromatic rings. The van der Waals surface area contributed by atoms with E-state index in [1.807, 2.05) is 6.92 Å². The number of rotatable bonds is 5. The number of benzene rings is 2. The van der Waals surface area contributed by atoms with E-state index in [2.05, 4.69) is 15.5 Å². The molecule has 0 aliphatic heterocycles. The third kappa shape index (κ3) is 4.36. The maximum atomic E-state index is 14.1. The van der Waals surface area contributed by atoms with Crippen LogP contribution >= 0.6 is 11.8 Å². The summed E-state index contributed by atoms with van der Waals surface area (Å²) in [7, 11) is 0. The van der Waals surface area contributed by atoms with Crippen LogP contribution in [0.5, 0.6) is 0 Å². The van der Waals surface area contributed by atoms with Crippen LogP contribution in [-0.4, -0.2) is 33.0 Å². The van der Waals surface area contributed by atoms with E-state index < -0.39 is 23.4 Å². The average Bonchev–Trinajstić information content (AvgIpc) is 3.19. The molecule has 0 atom stereocenters. The molecule has 2 aromatic carbocycles. The summed E-state index contributed by atoms with van der Waals surface area (Å²) < 4.78 is 29.0. The molecule has 0 aliphatic rings. The van der Waals surface area contributed by atoms with E-state index in [0.29, 0.717) is 21.9 Å². The van der Waals surface area contributed by atoms with Gasteiger partial charge in [-0.2, -0.15) is 0 Å². The first kappa shape index (κ1) is 21.6. The standard InChI is InChI=1S/C22H17F2N5O2S/c1-12-2-3-13(22(31)26-20(30)10-25)8-16(12)21-28-27-19-7-5-15(11-29(19)21)32-18-6-4-14(23)9-17(18)24/h2-9,11H,10,25H2,1H3,(H,26,30,31). The first-order valence-corrected chi connectivity index (χ1v) is 10.3. The summed E-state index contributed by atoms with van der Waals surface area (Å²) in [6, 6.07) is 11.8. The summed E-state index contributed by atoms with van der Waals surface area (Å²) in [5, 5.41) is 10.6. The predicted octanol–water partition coefficient (Wildman–Crippen LogP) is 3.35. The molecule has 0 fully saturated rings. The van der Waals surface area contributed by atoms with E-state index in [1.54, 1.807) is 40.9 Å². The fourth-order valence-corrected chi connectivity index (χ4v) is 3.89. The molecule has 0 aliphatic carbocycles. The molecule has 32 heavy (non-hydrogen) atoms. The van der Waals surface area contributed by atoms with Crippen LogP contribution in [-0.2, 0) is 4.79 Å². The summed E-state index contributed by atoms with van der Waals surface area (Å²) in [6.07, 6.45) is 1.74. The van der Waals surface area contributed by atoms with Crippen molar-refractivity contribution in [3.8, 4) is 11.4 Å². The fourth-order valence-electron chi connectivity index (χ4n) is 3.05. The Morgan fingerprint density at radius 1 is 1.09 bits per heavy atom. The lowest BCUT2D eigenvalue weighted by atomic mass is 10.0. The van der Waals surface area contributed by atoms with Crippen molar-refractivity contribution in [3.63, 3.8) is 0 Å². The Balaban J connectivity index is 1.72. The van der Waals surface area contributed by atoms with Gasteiger partial charge < -0.3 is 5.73 Å². The lowest BCUT2D eigenvalue weighted by molar-refractivity contribution is -0.118. The molecule has 4 rings (SSSR count). The number of hydrogen-bond donors (Lipinski definition) is 2. The number of fused-ring (bicyclic) bond motifs is 1. The Labute approximate surface area is 185 Å². The van der Waals surface area contributed by atoms with Crippen LogP contribution in [0.3, 0.4) is 0 Å². The predicted molar refractivity (Wildman–Crippen MR) is 115 cm³/mol. The third-order valence-corrected chi connectivity index (χ3v) is 5.70. The fraction of sp³-hybridized carbons (Fsp3) is 0.0909. The zero-order valence-corrected chi connectivity index (χ0v) is 17.6. The molecular formula is C22H17F2N5O2S. The largest absolute Gasteiger partial charge is 0.322 e. The van der Waals surface area contributed by atoms with Crippen molar-refractivity contribution in [1.82, 2.24) is 19.9 Å². The van der Waals surface area contributed by atoms with E-state index in [4.69, 9.17) is 5.73 Å². The lowest BCUT2D eigenvalue weighted by Crippen LogP contribution is -2.35. The van der Waals surface area contributed by atoms with Crippen LogP contribution in [0.4, 0.5) is 8.78 Å². The van der Waals surface area contributed by atoms with E-state index in [0.717, 1.165) is 23.4 Å². The second kappa shape index (κ2) is 8.85. The number of nitrogens with two attached hydrogens (primary N) is 1. The molecule has 7 nitrogen and oxygen atoms in total. The van der Waals surface area contributed by atoms with Crippen LogP contribution in [0, 0.1) is 18.6 Å².